The highest BCUT2D eigenvalue weighted by atomic mass is 16.5. The predicted molar refractivity (Wildman–Crippen MR) is 100 cm³/mol. The van der Waals surface area contributed by atoms with Crippen molar-refractivity contribution < 1.29 is 28.7 Å². The summed E-state index contributed by atoms with van der Waals surface area (Å²) >= 11 is 0. The minimum absolute atomic E-state index is 0.262. The van der Waals surface area contributed by atoms with Crippen LogP contribution in [0.4, 0.5) is 0 Å². The van der Waals surface area contributed by atoms with E-state index in [4.69, 9.17) is 9.47 Å². The Balaban J connectivity index is 1.48. The highest BCUT2D eigenvalue weighted by molar-refractivity contribution is 5.79. The molecule has 1 aliphatic carbocycles. The highest BCUT2D eigenvalue weighted by Crippen LogP contribution is 2.31. The molecule has 0 radical (unpaired) electrons. The van der Waals surface area contributed by atoms with Crippen LogP contribution in [0, 0.1) is 11.8 Å². The second-order valence-electron chi connectivity index (χ2n) is 6.76. The second kappa shape index (κ2) is 9.08. The van der Waals surface area contributed by atoms with Gasteiger partial charge in [-0.15, -0.1) is 0 Å². The Labute approximate surface area is 162 Å². The van der Waals surface area contributed by atoms with Crippen molar-refractivity contribution in [2.24, 2.45) is 11.8 Å². The highest BCUT2D eigenvalue weighted by Gasteiger charge is 2.32. The zero-order valence-corrected chi connectivity index (χ0v) is 15.2. The number of carbonyl (C=O) groups is 4. The molecule has 2 aromatic rings. The standard InChI is InChI=1S/C22H20O6/c23-13-15-1-9-19(10-2-15)27-21(25)17-5-7-18(8-6-17)22(26)28-20-11-3-16(14-24)4-12-20/h1-4,9-14,17-18H,5-8H2. The number of hydrogen-bond acceptors (Lipinski definition) is 6. The minimum atomic E-state index is -0.324. The lowest BCUT2D eigenvalue weighted by Crippen LogP contribution is -2.30. The molecule has 144 valence electrons. The smallest absolute Gasteiger partial charge is 0.314 e. The van der Waals surface area contributed by atoms with Gasteiger partial charge in [-0.25, -0.2) is 0 Å². The molecule has 0 heterocycles. The Bertz CT molecular complexity index is 772. The molecular formula is C22H20O6. The molecule has 6 heteroatoms. The van der Waals surface area contributed by atoms with Gasteiger partial charge in [-0.2, -0.15) is 0 Å². The topological polar surface area (TPSA) is 86.7 Å². The molecule has 6 nitrogen and oxygen atoms in total. The van der Waals surface area contributed by atoms with E-state index in [9.17, 15) is 19.2 Å². The fraction of sp³-hybridized carbons (Fsp3) is 0.273. The van der Waals surface area contributed by atoms with E-state index in [1.807, 2.05) is 0 Å². The number of carbonyl (C=O) groups excluding carboxylic acids is 4. The number of benzene rings is 2. The average Bonchev–Trinajstić information content (AvgIpc) is 2.75. The van der Waals surface area contributed by atoms with E-state index in [-0.39, 0.29) is 23.8 Å². The van der Waals surface area contributed by atoms with Crippen molar-refractivity contribution in [2.75, 3.05) is 0 Å². The van der Waals surface area contributed by atoms with Gasteiger partial charge >= 0.3 is 11.9 Å². The number of hydrogen-bond donors (Lipinski definition) is 0. The van der Waals surface area contributed by atoms with Gasteiger partial charge in [-0.1, -0.05) is 0 Å². The van der Waals surface area contributed by atoms with Crippen LogP contribution < -0.4 is 9.47 Å². The van der Waals surface area contributed by atoms with Gasteiger partial charge in [0.05, 0.1) is 11.8 Å². The van der Waals surface area contributed by atoms with Gasteiger partial charge in [0.2, 0.25) is 0 Å². The third-order valence-corrected chi connectivity index (χ3v) is 4.86. The van der Waals surface area contributed by atoms with E-state index in [0.29, 0.717) is 48.3 Å². The van der Waals surface area contributed by atoms with Crippen molar-refractivity contribution >= 4 is 24.5 Å². The molecule has 0 N–H and O–H groups in total. The largest absolute Gasteiger partial charge is 0.426 e. The molecule has 0 amide bonds. The Morgan fingerprint density at radius 3 is 1.25 bits per heavy atom. The van der Waals surface area contributed by atoms with E-state index < -0.39 is 0 Å². The fourth-order valence-electron chi connectivity index (χ4n) is 3.19. The SMILES string of the molecule is O=Cc1ccc(OC(=O)C2CCC(C(=O)Oc3ccc(C=O)cc3)CC2)cc1. The molecule has 3 rings (SSSR count). The third-order valence-electron chi connectivity index (χ3n) is 4.86. The fourth-order valence-corrected chi connectivity index (χ4v) is 3.19. The number of rotatable bonds is 6. The molecule has 0 spiro atoms. The van der Waals surface area contributed by atoms with Gasteiger partial charge in [0.15, 0.2) is 0 Å². The van der Waals surface area contributed by atoms with Gasteiger partial charge in [-0.3, -0.25) is 19.2 Å². The summed E-state index contributed by atoms with van der Waals surface area (Å²) in [5.41, 5.74) is 1.03. The van der Waals surface area contributed by atoms with Crippen LogP contribution in [0.15, 0.2) is 48.5 Å². The maximum Gasteiger partial charge on any atom is 0.314 e. The van der Waals surface area contributed by atoms with Crippen LogP contribution >= 0.6 is 0 Å². The summed E-state index contributed by atoms with van der Waals surface area (Å²) in [6.45, 7) is 0. The first-order valence-electron chi connectivity index (χ1n) is 9.13. The lowest BCUT2D eigenvalue weighted by Gasteiger charge is -2.25. The van der Waals surface area contributed by atoms with Crippen LogP contribution in [-0.4, -0.2) is 24.5 Å². The summed E-state index contributed by atoms with van der Waals surface area (Å²) in [6, 6.07) is 12.7. The summed E-state index contributed by atoms with van der Waals surface area (Å²) in [5.74, 6) is -0.375. The zero-order valence-electron chi connectivity index (χ0n) is 15.2. The quantitative estimate of drug-likeness (QED) is 0.432. The normalized spacial score (nSPS) is 18.7. The van der Waals surface area contributed by atoms with Crippen molar-refractivity contribution in [1.82, 2.24) is 0 Å². The Morgan fingerprint density at radius 2 is 0.964 bits per heavy atom. The Hall–Kier alpha value is -3.28. The van der Waals surface area contributed by atoms with Crippen molar-refractivity contribution in [3.05, 3.63) is 59.7 Å². The second-order valence-corrected chi connectivity index (χ2v) is 6.76. The van der Waals surface area contributed by atoms with E-state index in [2.05, 4.69) is 0 Å². The van der Waals surface area contributed by atoms with Gasteiger partial charge < -0.3 is 9.47 Å². The third kappa shape index (κ3) is 4.91. The van der Waals surface area contributed by atoms with Crippen molar-refractivity contribution in [3.8, 4) is 11.5 Å². The van der Waals surface area contributed by atoms with Gasteiger partial charge in [0.25, 0.3) is 0 Å². The van der Waals surface area contributed by atoms with Crippen LogP contribution in [0.25, 0.3) is 0 Å². The van der Waals surface area contributed by atoms with Crippen molar-refractivity contribution in [1.29, 1.82) is 0 Å². The molecule has 28 heavy (non-hydrogen) atoms. The summed E-state index contributed by atoms with van der Waals surface area (Å²) in [4.78, 5) is 45.9. The maximum absolute atomic E-state index is 12.3. The van der Waals surface area contributed by atoms with Crippen molar-refractivity contribution in [2.45, 2.75) is 25.7 Å². The first-order chi connectivity index (χ1) is 13.6. The molecule has 0 unspecified atom stereocenters. The molecule has 1 fully saturated rings. The molecule has 1 aliphatic rings. The molecule has 0 aromatic heterocycles. The van der Waals surface area contributed by atoms with Crippen molar-refractivity contribution in [3.63, 3.8) is 0 Å². The van der Waals surface area contributed by atoms with Crippen LogP contribution in [0.3, 0.4) is 0 Å². The molecule has 2 aromatic carbocycles. The summed E-state index contributed by atoms with van der Waals surface area (Å²) in [5, 5.41) is 0. The molecule has 0 atom stereocenters. The molecule has 0 saturated heterocycles. The molecule has 0 bridgehead atoms. The Morgan fingerprint density at radius 1 is 0.643 bits per heavy atom. The number of aldehydes is 2. The monoisotopic (exact) mass is 380 g/mol. The summed E-state index contributed by atoms with van der Waals surface area (Å²) in [6.07, 6.45) is 3.65. The lowest BCUT2D eigenvalue weighted by atomic mass is 9.82. The van der Waals surface area contributed by atoms with Gasteiger partial charge in [-0.05, 0) is 74.2 Å². The maximum atomic E-state index is 12.3. The predicted octanol–water partition coefficient (Wildman–Crippen LogP) is 3.63. The molecule has 0 aliphatic heterocycles. The zero-order chi connectivity index (χ0) is 19.9. The summed E-state index contributed by atoms with van der Waals surface area (Å²) < 4.78 is 10.7. The van der Waals surface area contributed by atoms with E-state index >= 15 is 0 Å². The van der Waals surface area contributed by atoms with Crippen LogP contribution in [0.2, 0.25) is 0 Å². The number of ether oxygens (including phenoxy) is 2. The molecule has 1 saturated carbocycles. The van der Waals surface area contributed by atoms with Gasteiger partial charge in [0.1, 0.15) is 24.1 Å². The lowest BCUT2D eigenvalue weighted by molar-refractivity contribution is -0.145. The Kier molecular flexibility index (Phi) is 6.32. The average molecular weight is 380 g/mol. The van der Waals surface area contributed by atoms with Crippen LogP contribution in [0.1, 0.15) is 46.4 Å². The van der Waals surface area contributed by atoms with Crippen LogP contribution in [0.5, 0.6) is 11.5 Å². The number of esters is 2. The van der Waals surface area contributed by atoms with E-state index in [0.717, 1.165) is 12.6 Å². The van der Waals surface area contributed by atoms with Crippen LogP contribution in [-0.2, 0) is 9.59 Å². The van der Waals surface area contributed by atoms with Gasteiger partial charge in [0, 0.05) is 11.1 Å². The molecular weight excluding hydrogens is 360 g/mol. The first kappa shape index (κ1) is 19.5. The summed E-state index contributed by atoms with van der Waals surface area (Å²) in [7, 11) is 0. The van der Waals surface area contributed by atoms with E-state index in [1.165, 1.54) is 0 Å². The minimum Gasteiger partial charge on any atom is -0.426 e. The first-order valence-corrected chi connectivity index (χ1v) is 9.13. The van der Waals surface area contributed by atoms with E-state index in [1.54, 1.807) is 48.5 Å².